The van der Waals surface area contributed by atoms with Gasteiger partial charge in [0.05, 0.1) is 0 Å². The van der Waals surface area contributed by atoms with E-state index in [1.54, 1.807) is 6.07 Å². The molecule has 3 aliphatic rings. The third-order valence-electron chi connectivity index (χ3n) is 5.20. The summed E-state index contributed by atoms with van der Waals surface area (Å²) in [6.07, 6.45) is 2.47. The van der Waals surface area contributed by atoms with E-state index < -0.39 is 6.10 Å². The van der Waals surface area contributed by atoms with Crippen LogP contribution in [0, 0.1) is 11.8 Å². The summed E-state index contributed by atoms with van der Waals surface area (Å²) in [5.41, 5.74) is 7.16. The molecule has 0 radical (unpaired) electrons. The maximum Gasteiger partial charge on any atom is 0.264 e. The van der Waals surface area contributed by atoms with Gasteiger partial charge in [0.2, 0.25) is 0 Å². The molecule has 1 saturated carbocycles. The van der Waals surface area contributed by atoms with Crippen molar-refractivity contribution >= 4 is 29.9 Å². The van der Waals surface area contributed by atoms with Gasteiger partial charge in [0.25, 0.3) is 5.91 Å². The lowest BCUT2D eigenvalue weighted by Gasteiger charge is -2.22. The number of hydrogen-bond donors (Lipinski definition) is 1. The Morgan fingerprint density at radius 1 is 1.32 bits per heavy atom. The van der Waals surface area contributed by atoms with Crippen LogP contribution in [0.5, 0.6) is 5.75 Å². The number of carbonyl (C=O) groups is 1. The summed E-state index contributed by atoms with van der Waals surface area (Å²) in [6.45, 7) is 1.63. The van der Waals surface area contributed by atoms with Gasteiger partial charge in [-0.25, -0.2) is 0 Å². The molecule has 2 heterocycles. The van der Waals surface area contributed by atoms with Crippen LogP contribution in [-0.2, 0) is 11.2 Å². The van der Waals surface area contributed by atoms with Crippen LogP contribution in [-0.4, -0.2) is 36.0 Å². The van der Waals surface area contributed by atoms with E-state index in [-0.39, 0.29) is 24.4 Å². The van der Waals surface area contributed by atoms with Crippen molar-refractivity contribution in [3.05, 3.63) is 28.8 Å². The van der Waals surface area contributed by atoms with Crippen LogP contribution >= 0.6 is 24.0 Å². The summed E-state index contributed by atoms with van der Waals surface area (Å²) in [6, 6.07) is 5.79. The van der Waals surface area contributed by atoms with Gasteiger partial charge in [-0.15, -0.1) is 12.4 Å². The van der Waals surface area contributed by atoms with E-state index in [1.165, 1.54) is 0 Å². The number of carbonyl (C=O) groups excluding carboxylic acids is 1. The SMILES string of the molecule is Cl.NC1CCC2CN(C(=O)C3Cc4cc(Cl)ccc4O3)CC12. The molecule has 1 aromatic carbocycles. The van der Waals surface area contributed by atoms with Crippen LogP contribution in [0.3, 0.4) is 0 Å². The van der Waals surface area contributed by atoms with Crippen LogP contribution in [0.25, 0.3) is 0 Å². The predicted molar refractivity (Wildman–Crippen MR) is 87.6 cm³/mol. The molecule has 6 heteroatoms. The second kappa shape index (κ2) is 5.91. The first-order valence-electron chi connectivity index (χ1n) is 7.61. The Balaban J connectivity index is 0.00000144. The van der Waals surface area contributed by atoms with E-state index >= 15 is 0 Å². The monoisotopic (exact) mass is 342 g/mol. The standard InChI is InChI=1S/C16H19ClN2O2.ClH/c17-11-2-4-14-10(5-11)6-15(21-14)16(20)19-7-9-1-3-13(18)12(9)8-19;/h2,4-5,9,12-13,15H,1,3,6-8,18H2;1H. The Morgan fingerprint density at radius 2 is 2.14 bits per heavy atom. The highest BCUT2D eigenvalue weighted by molar-refractivity contribution is 6.30. The molecular weight excluding hydrogens is 323 g/mol. The van der Waals surface area contributed by atoms with E-state index in [0.29, 0.717) is 23.3 Å². The van der Waals surface area contributed by atoms with Gasteiger partial charge < -0.3 is 15.4 Å². The molecule has 2 aliphatic heterocycles. The van der Waals surface area contributed by atoms with Crippen molar-refractivity contribution in [2.75, 3.05) is 13.1 Å². The van der Waals surface area contributed by atoms with Gasteiger partial charge in [0.15, 0.2) is 6.10 Å². The minimum atomic E-state index is -0.395. The molecule has 0 spiro atoms. The zero-order chi connectivity index (χ0) is 14.6. The first-order valence-corrected chi connectivity index (χ1v) is 7.99. The summed E-state index contributed by atoms with van der Waals surface area (Å²) < 4.78 is 5.80. The highest BCUT2D eigenvalue weighted by atomic mass is 35.5. The second-order valence-electron chi connectivity index (χ2n) is 6.47. The Kier molecular flexibility index (Phi) is 4.27. The summed E-state index contributed by atoms with van der Waals surface area (Å²) in [4.78, 5) is 14.6. The van der Waals surface area contributed by atoms with Crippen LogP contribution < -0.4 is 10.5 Å². The number of rotatable bonds is 1. The molecule has 1 aliphatic carbocycles. The number of nitrogens with two attached hydrogens (primary N) is 1. The van der Waals surface area contributed by atoms with Crippen LogP contribution in [0.2, 0.25) is 5.02 Å². The van der Waals surface area contributed by atoms with Gasteiger partial charge in [-0.2, -0.15) is 0 Å². The third-order valence-corrected chi connectivity index (χ3v) is 5.43. The van der Waals surface area contributed by atoms with Gasteiger partial charge in [-0.05, 0) is 48.4 Å². The molecule has 1 amide bonds. The first kappa shape index (κ1) is 15.9. The molecule has 0 aromatic heterocycles. The van der Waals surface area contributed by atoms with Crippen LogP contribution in [0.4, 0.5) is 0 Å². The van der Waals surface area contributed by atoms with Crippen molar-refractivity contribution < 1.29 is 9.53 Å². The predicted octanol–water partition coefficient (Wildman–Crippen LogP) is 2.26. The van der Waals surface area contributed by atoms with Crippen molar-refractivity contribution in [2.45, 2.75) is 31.4 Å². The third kappa shape index (κ3) is 2.57. The average molecular weight is 343 g/mol. The summed E-state index contributed by atoms with van der Waals surface area (Å²) in [5.74, 6) is 1.95. The number of benzene rings is 1. The molecule has 0 bridgehead atoms. The molecule has 4 atom stereocenters. The van der Waals surface area contributed by atoms with Gasteiger partial charge >= 0.3 is 0 Å². The molecule has 2 N–H and O–H groups in total. The summed E-state index contributed by atoms with van der Waals surface area (Å²) in [5, 5.41) is 0.687. The lowest BCUT2D eigenvalue weighted by molar-refractivity contribution is -0.137. The van der Waals surface area contributed by atoms with Gasteiger partial charge in [0, 0.05) is 30.6 Å². The van der Waals surface area contributed by atoms with Crippen molar-refractivity contribution in [3.63, 3.8) is 0 Å². The highest BCUT2D eigenvalue weighted by Crippen LogP contribution is 2.38. The lowest BCUT2D eigenvalue weighted by atomic mass is 9.98. The zero-order valence-corrected chi connectivity index (χ0v) is 13.8. The van der Waals surface area contributed by atoms with Crippen molar-refractivity contribution in [2.24, 2.45) is 17.6 Å². The number of amides is 1. The minimum Gasteiger partial charge on any atom is -0.480 e. The van der Waals surface area contributed by atoms with E-state index in [2.05, 4.69) is 0 Å². The van der Waals surface area contributed by atoms with Crippen LogP contribution in [0.1, 0.15) is 18.4 Å². The second-order valence-corrected chi connectivity index (χ2v) is 6.91. The number of likely N-dealkylation sites (tertiary alicyclic amines) is 1. The van der Waals surface area contributed by atoms with Gasteiger partial charge in [-0.3, -0.25) is 4.79 Å². The fourth-order valence-corrected chi connectivity index (χ4v) is 4.24. The first-order chi connectivity index (χ1) is 10.1. The number of fused-ring (bicyclic) bond motifs is 2. The van der Waals surface area contributed by atoms with E-state index in [9.17, 15) is 4.79 Å². The van der Waals surface area contributed by atoms with E-state index in [4.69, 9.17) is 22.1 Å². The molecule has 120 valence electrons. The van der Waals surface area contributed by atoms with Gasteiger partial charge in [0.1, 0.15) is 5.75 Å². The number of hydrogen-bond acceptors (Lipinski definition) is 3. The molecule has 1 aromatic rings. The lowest BCUT2D eigenvalue weighted by Crippen LogP contribution is -2.41. The Bertz CT molecular complexity index is 596. The minimum absolute atomic E-state index is 0. The van der Waals surface area contributed by atoms with Crippen molar-refractivity contribution in [3.8, 4) is 5.75 Å². The maximum atomic E-state index is 12.7. The van der Waals surface area contributed by atoms with Crippen molar-refractivity contribution in [1.29, 1.82) is 0 Å². The Morgan fingerprint density at radius 3 is 2.91 bits per heavy atom. The Labute approximate surface area is 141 Å². The smallest absolute Gasteiger partial charge is 0.264 e. The number of ether oxygens (including phenoxy) is 1. The normalized spacial score (nSPS) is 32.2. The molecule has 4 nitrogen and oxygen atoms in total. The quantitative estimate of drug-likeness (QED) is 0.851. The van der Waals surface area contributed by atoms with Crippen molar-refractivity contribution in [1.82, 2.24) is 4.90 Å². The average Bonchev–Trinajstić information content (AvgIpc) is 3.13. The topological polar surface area (TPSA) is 55.6 Å². The largest absolute Gasteiger partial charge is 0.480 e. The molecule has 4 rings (SSSR count). The fourth-order valence-electron chi connectivity index (χ4n) is 4.05. The van der Waals surface area contributed by atoms with E-state index in [1.807, 2.05) is 17.0 Å². The Hall–Kier alpha value is -0.970. The van der Waals surface area contributed by atoms with Crippen LogP contribution in [0.15, 0.2) is 18.2 Å². The molecule has 22 heavy (non-hydrogen) atoms. The van der Waals surface area contributed by atoms with Gasteiger partial charge in [-0.1, -0.05) is 11.6 Å². The number of halogens is 2. The fraction of sp³-hybridized carbons (Fsp3) is 0.562. The maximum absolute atomic E-state index is 12.7. The summed E-state index contributed by atoms with van der Waals surface area (Å²) in [7, 11) is 0. The number of nitrogens with zero attached hydrogens (tertiary/aromatic N) is 1. The molecule has 2 fully saturated rings. The summed E-state index contributed by atoms with van der Waals surface area (Å²) >= 11 is 5.99. The zero-order valence-electron chi connectivity index (χ0n) is 12.2. The molecule has 4 unspecified atom stereocenters. The molecule has 1 saturated heterocycles. The van der Waals surface area contributed by atoms with E-state index in [0.717, 1.165) is 37.2 Å². The molecular formula is C16H20Cl2N2O2. The highest BCUT2D eigenvalue weighted by Gasteiger charge is 2.44.